The third-order valence-corrected chi connectivity index (χ3v) is 4.79. The molecule has 2 aromatic rings. The molecule has 0 saturated heterocycles. The molecule has 0 radical (unpaired) electrons. The van der Waals surface area contributed by atoms with Crippen molar-refractivity contribution in [3.8, 4) is 0 Å². The Morgan fingerprint density at radius 3 is 1.97 bits per heavy atom. The SMILES string of the molecule is CNC[C@H](O)[C@@H](O)[C@H](O)[C@H](O)CO.C[C@H](C(=O)O)c1cccc(C(=O)c2ccccc2)c1. The van der Waals surface area contributed by atoms with Gasteiger partial charge < -0.3 is 36.0 Å². The molecule has 9 nitrogen and oxygen atoms in total. The lowest BCUT2D eigenvalue weighted by atomic mass is 9.96. The number of likely N-dealkylation sites (N-methyl/N-ethyl adjacent to an activating group) is 1. The minimum absolute atomic E-state index is 0.0936. The average Bonchev–Trinajstić information content (AvgIpc) is 2.82. The quantitative estimate of drug-likeness (QED) is 0.242. The van der Waals surface area contributed by atoms with E-state index in [-0.39, 0.29) is 12.3 Å². The Morgan fingerprint density at radius 2 is 1.44 bits per heavy atom. The predicted molar refractivity (Wildman–Crippen MR) is 117 cm³/mol. The second-order valence-corrected chi connectivity index (χ2v) is 7.24. The van der Waals surface area contributed by atoms with Crippen LogP contribution in [0.4, 0.5) is 0 Å². The molecule has 0 bridgehead atoms. The lowest BCUT2D eigenvalue weighted by molar-refractivity contribution is -0.138. The number of nitrogens with one attached hydrogen (secondary N) is 1. The number of hydrogen-bond acceptors (Lipinski definition) is 8. The number of carbonyl (C=O) groups excluding carboxylic acids is 1. The van der Waals surface area contributed by atoms with Crippen LogP contribution in [0.2, 0.25) is 0 Å². The van der Waals surface area contributed by atoms with Crippen LogP contribution in [0.5, 0.6) is 0 Å². The molecule has 0 fully saturated rings. The van der Waals surface area contributed by atoms with Gasteiger partial charge in [-0.25, -0.2) is 0 Å². The van der Waals surface area contributed by atoms with Gasteiger partial charge in [-0.05, 0) is 25.6 Å². The minimum Gasteiger partial charge on any atom is -0.481 e. The third-order valence-electron chi connectivity index (χ3n) is 4.79. The fourth-order valence-electron chi connectivity index (χ4n) is 2.74. The fourth-order valence-corrected chi connectivity index (χ4v) is 2.74. The minimum atomic E-state index is -1.55. The maximum absolute atomic E-state index is 12.2. The van der Waals surface area contributed by atoms with E-state index in [2.05, 4.69) is 5.32 Å². The normalized spacial score (nSPS) is 15.5. The van der Waals surface area contributed by atoms with Crippen LogP contribution in [0.1, 0.15) is 34.3 Å². The molecule has 176 valence electrons. The van der Waals surface area contributed by atoms with Crippen molar-refractivity contribution < 1.29 is 40.2 Å². The summed E-state index contributed by atoms with van der Waals surface area (Å²) in [5.74, 6) is -1.62. The average molecular weight is 450 g/mol. The van der Waals surface area contributed by atoms with Crippen molar-refractivity contribution in [3.05, 3.63) is 71.3 Å². The van der Waals surface area contributed by atoms with E-state index in [1.54, 1.807) is 62.5 Å². The van der Waals surface area contributed by atoms with Gasteiger partial charge in [-0.15, -0.1) is 0 Å². The van der Waals surface area contributed by atoms with Crippen molar-refractivity contribution >= 4 is 11.8 Å². The molecule has 2 rings (SSSR count). The van der Waals surface area contributed by atoms with Crippen molar-refractivity contribution in [2.45, 2.75) is 37.3 Å². The number of hydrogen-bond donors (Lipinski definition) is 7. The van der Waals surface area contributed by atoms with Gasteiger partial charge in [-0.2, -0.15) is 0 Å². The van der Waals surface area contributed by atoms with Gasteiger partial charge in [0, 0.05) is 17.7 Å². The van der Waals surface area contributed by atoms with Crippen LogP contribution in [0.25, 0.3) is 0 Å². The molecule has 2 aromatic carbocycles. The van der Waals surface area contributed by atoms with Crippen molar-refractivity contribution in [1.29, 1.82) is 0 Å². The van der Waals surface area contributed by atoms with E-state index in [0.717, 1.165) is 0 Å². The number of carboxylic acids is 1. The van der Waals surface area contributed by atoms with E-state index in [1.165, 1.54) is 0 Å². The summed E-state index contributed by atoms with van der Waals surface area (Å²) < 4.78 is 0. The second-order valence-electron chi connectivity index (χ2n) is 7.24. The van der Waals surface area contributed by atoms with E-state index < -0.39 is 42.9 Å². The van der Waals surface area contributed by atoms with Gasteiger partial charge in [0.15, 0.2) is 5.78 Å². The molecule has 32 heavy (non-hydrogen) atoms. The summed E-state index contributed by atoms with van der Waals surface area (Å²) >= 11 is 0. The lowest BCUT2D eigenvalue weighted by Gasteiger charge is -2.25. The molecule has 0 heterocycles. The molecule has 0 unspecified atom stereocenters. The van der Waals surface area contributed by atoms with Gasteiger partial charge >= 0.3 is 5.97 Å². The molecule has 0 saturated carbocycles. The first-order valence-electron chi connectivity index (χ1n) is 10.0. The topological polar surface area (TPSA) is 168 Å². The van der Waals surface area contributed by atoms with Gasteiger partial charge in [0.25, 0.3) is 0 Å². The first-order chi connectivity index (χ1) is 15.1. The molecule has 0 aliphatic carbocycles. The Morgan fingerprint density at radius 1 is 0.875 bits per heavy atom. The van der Waals surface area contributed by atoms with Gasteiger partial charge in [0.1, 0.15) is 18.3 Å². The molecule has 0 amide bonds. The van der Waals surface area contributed by atoms with Crippen molar-refractivity contribution in [2.24, 2.45) is 0 Å². The Balaban J connectivity index is 0.000000347. The van der Waals surface area contributed by atoms with Crippen LogP contribution >= 0.6 is 0 Å². The molecular weight excluding hydrogens is 418 g/mol. The molecular formula is C23H31NO8. The molecule has 7 N–H and O–H groups in total. The summed E-state index contributed by atoms with van der Waals surface area (Å²) in [4.78, 5) is 23.2. The standard InChI is InChI=1S/C16H14O3.C7H17NO5/c1-11(16(18)19)13-8-5-9-14(10-13)15(17)12-6-3-2-4-7-12;1-8-2-4(10)6(12)7(13)5(11)3-9/h2-11H,1H3,(H,18,19);4-13H,2-3H2,1H3/t11-;4-,5+,6+,7+/m00/s1. The number of carbonyl (C=O) groups is 2. The number of ketones is 1. The fraction of sp³-hybridized carbons (Fsp3) is 0.391. The molecule has 0 spiro atoms. The van der Waals surface area contributed by atoms with Crippen molar-refractivity contribution in [2.75, 3.05) is 20.2 Å². The number of benzene rings is 2. The monoisotopic (exact) mass is 449 g/mol. The smallest absolute Gasteiger partial charge is 0.310 e. The number of aliphatic hydroxyl groups is 5. The number of rotatable bonds is 10. The van der Waals surface area contributed by atoms with Crippen LogP contribution in [0.3, 0.4) is 0 Å². The summed E-state index contributed by atoms with van der Waals surface area (Å²) in [6.07, 6.45) is -5.65. The maximum Gasteiger partial charge on any atom is 0.310 e. The zero-order valence-electron chi connectivity index (χ0n) is 18.0. The van der Waals surface area contributed by atoms with Crippen LogP contribution in [0.15, 0.2) is 54.6 Å². The van der Waals surface area contributed by atoms with Gasteiger partial charge in [-0.3, -0.25) is 9.59 Å². The molecule has 0 aliphatic rings. The summed E-state index contributed by atoms with van der Waals surface area (Å²) in [5.41, 5.74) is 1.74. The molecule has 0 aliphatic heterocycles. The lowest BCUT2D eigenvalue weighted by Crippen LogP contribution is -2.48. The summed E-state index contributed by atoms with van der Waals surface area (Å²) in [6, 6.07) is 15.7. The Kier molecular flexibility index (Phi) is 11.7. The molecule has 0 aromatic heterocycles. The Hall–Kier alpha value is -2.66. The largest absolute Gasteiger partial charge is 0.481 e. The highest BCUT2D eigenvalue weighted by molar-refractivity contribution is 6.09. The summed E-state index contributed by atoms with van der Waals surface area (Å²) in [7, 11) is 1.57. The highest BCUT2D eigenvalue weighted by Gasteiger charge is 2.29. The number of carboxylic acid groups (broad SMARTS) is 1. The van der Waals surface area contributed by atoms with Crippen molar-refractivity contribution in [1.82, 2.24) is 5.32 Å². The molecule has 9 heteroatoms. The van der Waals surface area contributed by atoms with Crippen LogP contribution in [-0.2, 0) is 4.79 Å². The van der Waals surface area contributed by atoms with Gasteiger partial charge in [0.05, 0.1) is 18.6 Å². The first-order valence-corrected chi connectivity index (χ1v) is 10.0. The third kappa shape index (κ3) is 8.12. The molecule has 5 atom stereocenters. The number of aliphatic hydroxyl groups excluding tert-OH is 5. The van der Waals surface area contributed by atoms with E-state index in [0.29, 0.717) is 16.7 Å². The summed E-state index contributed by atoms with van der Waals surface area (Å²) in [6.45, 7) is 1.04. The van der Waals surface area contributed by atoms with Gasteiger partial charge in [-0.1, -0.05) is 48.5 Å². The van der Waals surface area contributed by atoms with E-state index in [4.69, 9.17) is 25.5 Å². The van der Waals surface area contributed by atoms with Crippen LogP contribution < -0.4 is 5.32 Å². The Labute approximate surface area is 186 Å². The van der Waals surface area contributed by atoms with Gasteiger partial charge in [0.2, 0.25) is 0 Å². The second kappa shape index (κ2) is 13.7. The van der Waals surface area contributed by atoms with E-state index in [1.807, 2.05) is 6.07 Å². The van der Waals surface area contributed by atoms with Crippen LogP contribution in [0, 0.1) is 0 Å². The zero-order chi connectivity index (χ0) is 24.3. The summed E-state index contributed by atoms with van der Waals surface area (Å²) in [5, 5.41) is 56.5. The van der Waals surface area contributed by atoms with Crippen molar-refractivity contribution in [3.63, 3.8) is 0 Å². The Bertz CT molecular complexity index is 845. The highest BCUT2D eigenvalue weighted by atomic mass is 16.4. The van der Waals surface area contributed by atoms with Crippen LogP contribution in [-0.4, -0.2) is 87.0 Å². The highest BCUT2D eigenvalue weighted by Crippen LogP contribution is 2.18. The predicted octanol–water partition coefficient (Wildman–Crippen LogP) is -0.253. The zero-order valence-corrected chi connectivity index (χ0v) is 18.0. The first kappa shape index (κ1) is 27.4. The number of aliphatic carboxylic acids is 1. The van der Waals surface area contributed by atoms with E-state index in [9.17, 15) is 14.7 Å². The maximum atomic E-state index is 12.2. The van der Waals surface area contributed by atoms with E-state index >= 15 is 0 Å².